The molecule has 3 aliphatic rings. The van der Waals surface area contributed by atoms with Gasteiger partial charge in [0, 0.05) is 43.5 Å². The summed E-state index contributed by atoms with van der Waals surface area (Å²) in [4.78, 5) is 27.0. The van der Waals surface area contributed by atoms with Crippen LogP contribution in [0.3, 0.4) is 0 Å². The van der Waals surface area contributed by atoms with Gasteiger partial charge in [-0.05, 0) is 54.8 Å². The van der Waals surface area contributed by atoms with Crippen molar-refractivity contribution in [2.75, 3.05) is 22.7 Å². The van der Waals surface area contributed by atoms with E-state index in [0.29, 0.717) is 17.8 Å². The molecule has 1 spiro atoms. The molecule has 0 unspecified atom stereocenters. The Morgan fingerprint density at radius 2 is 1.59 bits per heavy atom. The maximum Gasteiger partial charge on any atom is 0.430 e. The molecule has 3 heterocycles. The summed E-state index contributed by atoms with van der Waals surface area (Å²) in [5.74, 6) is -1.26. The molecule has 3 aliphatic heterocycles. The molecule has 1 atom stereocenters. The number of carbonyl (C=O) groups is 2. The summed E-state index contributed by atoms with van der Waals surface area (Å²) in [5, 5.41) is 12.6. The minimum atomic E-state index is -6.16. The topological polar surface area (TPSA) is 116 Å². The number of anilines is 2. The maximum absolute atomic E-state index is 14.0. The Labute approximate surface area is 275 Å². The van der Waals surface area contributed by atoms with E-state index in [0.717, 1.165) is 40.2 Å². The van der Waals surface area contributed by atoms with E-state index in [-0.39, 0.29) is 50.0 Å². The van der Waals surface area contributed by atoms with E-state index in [4.69, 9.17) is 4.74 Å². The van der Waals surface area contributed by atoms with Crippen molar-refractivity contribution in [2.24, 2.45) is 0 Å². The monoisotopic (exact) mass is 715 g/mol. The predicted molar refractivity (Wildman–Crippen MR) is 159 cm³/mol. The number of para-hydroxylation sites is 1. The lowest BCUT2D eigenvalue weighted by Gasteiger charge is -2.45. The molecule has 17 heteroatoms. The number of sulfonamides is 1. The second-order valence-corrected chi connectivity index (χ2v) is 14.0. The Hall–Kier alpha value is -4.38. The summed E-state index contributed by atoms with van der Waals surface area (Å²) in [6.45, 7) is 0.261. The summed E-state index contributed by atoms with van der Waals surface area (Å²) < 4.78 is 130. The third kappa shape index (κ3) is 5.85. The van der Waals surface area contributed by atoms with E-state index in [1.54, 1.807) is 24.3 Å². The molecule has 0 aromatic heterocycles. The molecule has 0 saturated carbocycles. The molecule has 3 aromatic rings. The van der Waals surface area contributed by atoms with E-state index in [1.165, 1.54) is 4.90 Å². The van der Waals surface area contributed by atoms with Gasteiger partial charge in [-0.25, -0.2) is 17.6 Å². The van der Waals surface area contributed by atoms with Crippen molar-refractivity contribution in [2.45, 2.75) is 66.6 Å². The fourth-order valence-corrected chi connectivity index (χ4v) is 8.47. The largest absolute Gasteiger partial charge is 0.438 e. The van der Waals surface area contributed by atoms with Crippen LogP contribution in [0.2, 0.25) is 0 Å². The van der Waals surface area contributed by atoms with Gasteiger partial charge in [-0.2, -0.15) is 26.3 Å². The third-order valence-electron chi connectivity index (χ3n) is 9.28. The summed E-state index contributed by atoms with van der Waals surface area (Å²) in [6.07, 6.45) is -13.3. The number of carbonyl (C=O) groups excluding carboxylic acids is 2. The zero-order valence-corrected chi connectivity index (χ0v) is 26.1. The number of nitrogens with one attached hydrogen (secondary N) is 1. The number of aliphatic hydroxyl groups is 1. The van der Waals surface area contributed by atoms with Crippen LogP contribution in [0.1, 0.15) is 42.4 Å². The first kappa shape index (κ1) is 34.5. The highest BCUT2D eigenvalue weighted by Gasteiger charge is 2.71. The first-order valence-corrected chi connectivity index (χ1v) is 16.5. The third-order valence-corrected chi connectivity index (χ3v) is 11.2. The molecule has 0 aliphatic carbocycles. The van der Waals surface area contributed by atoms with Gasteiger partial charge >= 0.3 is 18.4 Å². The van der Waals surface area contributed by atoms with Crippen LogP contribution < -0.4 is 9.62 Å². The fraction of sp³-hybridized carbons (Fsp3) is 0.375. The number of alkyl halides is 6. The molecule has 1 saturated heterocycles. The Kier molecular flexibility index (Phi) is 8.37. The zero-order chi connectivity index (χ0) is 35.6. The van der Waals surface area contributed by atoms with E-state index >= 15 is 0 Å². The molecular weight excluding hydrogens is 687 g/mol. The van der Waals surface area contributed by atoms with Crippen LogP contribution in [-0.4, -0.2) is 61.9 Å². The number of piperidine rings is 1. The highest BCUT2D eigenvalue weighted by molar-refractivity contribution is 7.92. The number of ether oxygens (including phenoxy) is 1. The first-order chi connectivity index (χ1) is 22.9. The lowest BCUT2D eigenvalue weighted by molar-refractivity contribution is -0.376. The van der Waals surface area contributed by atoms with Gasteiger partial charge in [0.15, 0.2) is 0 Å². The number of fused-ring (bicyclic) bond motifs is 3. The molecule has 0 radical (unpaired) electrons. The maximum atomic E-state index is 14.0. The van der Waals surface area contributed by atoms with Gasteiger partial charge in [0.2, 0.25) is 5.91 Å². The van der Waals surface area contributed by atoms with Crippen molar-refractivity contribution < 1.29 is 58.6 Å². The normalized spacial score (nSPS) is 19.5. The Morgan fingerprint density at radius 1 is 0.959 bits per heavy atom. The Bertz CT molecular complexity index is 1880. The molecule has 49 heavy (non-hydrogen) atoms. The van der Waals surface area contributed by atoms with Crippen LogP contribution in [-0.2, 0) is 37.2 Å². The van der Waals surface area contributed by atoms with Crippen molar-refractivity contribution in [3.63, 3.8) is 0 Å². The number of hydrogen-bond donors (Lipinski definition) is 2. The van der Waals surface area contributed by atoms with Gasteiger partial charge in [0.05, 0.1) is 22.3 Å². The number of halogens is 7. The number of aryl methyl sites for hydroxylation is 1. The first-order valence-electron chi connectivity index (χ1n) is 15.0. The summed E-state index contributed by atoms with van der Waals surface area (Å²) >= 11 is 0. The SMILES string of the molecule is O=C1Nc2ccccc2C2(CCN(C(=O)C[C@@H]3CCc4cc(C(O)(C(F)(F)F)C(F)(F)F)ccc4N3S(=O)(=O)c3ccc(F)cc3)CC2)O1. The number of hydrogen-bond acceptors (Lipinski definition) is 6. The smallest absolute Gasteiger partial charge is 0.430 e. The summed E-state index contributed by atoms with van der Waals surface area (Å²) in [7, 11) is -4.66. The van der Waals surface area contributed by atoms with Crippen molar-refractivity contribution in [3.05, 3.63) is 89.2 Å². The highest BCUT2D eigenvalue weighted by atomic mass is 32.2. The van der Waals surface area contributed by atoms with Gasteiger partial charge in [-0.1, -0.05) is 30.3 Å². The van der Waals surface area contributed by atoms with Crippen molar-refractivity contribution in [1.82, 2.24) is 4.90 Å². The quantitative estimate of drug-likeness (QED) is 0.308. The van der Waals surface area contributed by atoms with Gasteiger partial charge in [0.25, 0.3) is 15.6 Å². The van der Waals surface area contributed by atoms with Crippen LogP contribution in [0.15, 0.2) is 71.6 Å². The molecule has 6 rings (SSSR count). The minimum absolute atomic E-state index is 0.130. The lowest BCUT2D eigenvalue weighted by Crippen LogP contribution is -2.54. The van der Waals surface area contributed by atoms with Crippen LogP contribution in [0.5, 0.6) is 0 Å². The predicted octanol–water partition coefficient (Wildman–Crippen LogP) is 6.12. The second kappa shape index (κ2) is 11.9. The average Bonchev–Trinajstić information content (AvgIpc) is 3.03. The van der Waals surface area contributed by atoms with E-state index in [1.807, 2.05) is 0 Å². The molecule has 1 fully saturated rings. The molecule has 2 amide bonds. The standard InChI is InChI=1S/C32H28F7N3O6S/c33-21-7-10-23(11-8-21)49(46,47)42-22(9-5-19-17-20(6-12-26(19)42)30(45,31(34,35)36)32(37,38)39)18-27(43)41-15-13-29(14-16-41)24-3-1-2-4-25(24)40-28(44)48-29/h1-4,6-8,10-12,17,22,45H,5,9,13-16,18H2,(H,40,44)/t22-/m0/s1. The molecule has 0 bridgehead atoms. The van der Waals surface area contributed by atoms with Gasteiger partial charge < -0.3 is 14.7 Å². The number of likely N-dealkylation sites (tertiary alicyclic amines) is 1. The minimum Gasteiger partial charge on any atom is -0.438 e. The van der Waals surface area contributed by atoms with E-state index in [2.05, 4.69) is 5.32 Å². The molecule has 9 nitrogen and oxygen atoms in total. The number of rotatable bonds is 5. The fourth-order valence-electron chi connectivity index (χ4n) is 6.76. The van der Waals surface area contributed by atoms with Crippen LogP contribution in [0, 0.1) is 5.82 Å². The van der Waals surface area contributed by atoms with Crippen LogP contribution in [0.4, 0.5) is 46.9 Å². The van der Waals surface area contributed by atoms with Crippen molar-refractivity contribution in [3.8, 4) is 0 Å². The average molecular weight is 716 g/mol. The van der Waals surface area contributed by atoms with Crippen molar-refractivity contribution in [1.29, 1.82) is 0 Å². The van der Waals surface area contributed by atoms with Crippen LogP contribution in [0.25, 0.3) is 0 Å². The highest BCUT2D eigenvalue weighted by Crippen LogP contribution is 2.51. The number of benzene rings is 3. The Morgan fingerprint density at radius 3 is 2.22 bits per heavy atom. The summed E-state index contributed by atoms with van der Waals surface area (Å²) in [5.41, 5.74) is -7.01. The van der Waals surface area contributed by atoms with Gasteiger partial charge in [0.1, 0.15) is 11.4 Å². The molecule has 262 valence electrons. The summed E-state index contributed by atoms with van der Waals surface area (Å²) in [6, 6.07) is 11.1. The molecule has 3 aromatic carbocycles. The lowest BCUT2D eigenvalue weighted by atomic mass is 9.82. The number of nitrogens with zero attached hydrogens (tertiary/aromatic N) is 2. The van der Waals surface area contributed by atoms with E-state index in [9.17, 15) is 53.8 Å². The zero-order valence-electron chi connectivity index (χ0n) is 25.3. The van der Waals surface area contributed by atoms with Gasteiger partial charge in [-0.15, -0.1) is 0 Å². The Balaban J connectivity index is 1.31. The second-order valence-electron chi connectivity index (χ2n) is 12.1. The molecular formula is C32H28F7N3O6S. The van der Waals surface area contributed by atoms with E-state index < -0.39 is 74.3 Å². The van der Waals surface area contributed by atoms with Crippen molar-refractivity contribution >= 4 is 33.4 Å². The van der Waals surface area contributed by atoms with Gasteiger partial charge in [-0.3, -0.25) is 14.4 Å². The molecule has 2 N–H and O–H groups in total. The number of amides is 2. The van der Waals surface area contributed by atoms with Crippen LogP contribution >= 0.6 is 0 Å².